The number of aromatic amines is 1. The summed E-state index contributed by atoms with van der Waals surface area (Å²) in [6.07, 6.45) is 8.83. The average molecular weight is 289 g/mol. The van der Waals surface area contributed by atoms with Gasteiger partial charge in [-0.05, 0) is 36.1 Å². The summed E-state index contributed by atoms with van der Waals surface area (Å²) in [5.74, 6) is 0. The summed E-state index contributed by atoms with van der Waals surface area (Å²) in [5.41, 5.74) is 2.99. The van der Waals surface area contributed by atoms with Gasteiger partial charge in [0.1, 0.15) is 0 Å². The van der Waals surface area contributed by atoms with Crippen LogP contribution >= 0.6 is 11.3 Å². The van der Waals surface area contributed by atoms with Crippen LogP contribution in [0.25, 0.3) is 10.6 Å². The number of hydrogen-bond donors (Lipinski definition) is 2. The lowest BCUT2D eigenvalue weighted by Gasteiger charge is -2.27. The quantitative estimate of drug-likeness (QED) is 0.837. The number of hydrogen-bond acceptors (Lipinski definition) is 3. The van der Waals surface area contributed by atoms with Gasteiger partial charge < -0.3 is 5.32 Å². The molecule has 2 heterocycles. The fourth-order valence-electron chi connectivity index (χ4n) is 3.32. The summed E-state index contributed by atoms with van der Waals surface area (Å²) in [5, 5.41) is 13.1. The van der Waals surface area contributed by atoms with Gasteiger partial charge in [-0.25, -0.2) is 0 Å². The van der Waals surface area contributed by atoms with E-state index in [4.69, 9.17) is 0 Å². The van der Waals surface area contributed by atoms with Crippen LogP contribution in [0.4, 0.5) is 0 Å². The Morgan fingerprint density at radius 1 is 1.40 bits per heavy atom. The zero-order valence-electron chi connectivity index (χ0n) is 12.1. The minimum Gasteiger partial charge on any atom is -0.312 e. The van der Waals surface area contributed by atoms with E-state index >= 15 is 0 Å². The van der Waals surface area contributed by atoms with E-state index in [-0.39, 0.29) is 0 Å². The van der Waals surface area contributed by atoms with E-state index < -0.39 is 0 Å². The molecule has 1 aliphatic rings. The van der Waals surface area contributed by atoms with Gasteiger partial charge in [-0.1, -0.05) is 25.8 Å². The molecule has 1 saturated carbocycles. The second kappa shape index (κ2) is 6.10. The maximum atomic E-state index is 4.21. The summed E-state index contributed by atoms with van der Waals surface area (Å²) in [4.78, 5) is 1.27. The minimum atomic E-state index is 0.548. The maximum Gasteiger partial charge on any atom is 0.0794 e. The van der Waals surface area contributed by atoms with Crippen LogP contribution in [0, 0.1) is 5.41 Å². The van der Waals surface area contributed by atoms with Crippen molar-refractivity contribution in [3.63, 3.8) is 0 Å². The van der Waals surface area contributed by atoms with Gasteiger partial charge in [0.2, 0.25) is 0 Å². The van der Waals surface area contributed by atoms with E-state index in [2.05, 4.69) is 40.0 Å². The van der Waals surface area contributed by atoms with Crippen molar-refractivity contribution >= 4 is 11.3 Å². The van der Waals surface area contributed by atoms with Gasteiger partial charge in [0, 0.05) is 18.7 Å². The van der Waals surface area contributed by atoms with Crippen molar-refractivity contribution in [1.29, 1.82) is 0 Å². The first-order chi connectivity index (χ1) is 9.83. The van der Waals surface area contributed by atoms with E-state index in [0.29, 0.717) is 5.41 Å². The Morgan fingerprint density at radius 3 is 2.95 bits per heavy atom. The van der Waals surface area contributed by atoms with Gasteiger partial charge in [0.25, 0.3) is 0 Å². The SMILES string of the molecule is CCC1(CNCc2cn[nH]c2-c2cccs2)CCCC1. The molecular formula is C16H23N3S. The zero-order valence-corrected chi connectivity index (χ0v) is 12.9. The third-order valence-electron chi connectivity index (χ3n) is 4.72. The molecule has 0 bridgehead atoms. The Bertz CT molecular complexity index is 524. The monoisotopic (exact) mass is 289 g/mol. The highest BCUT2D eigenvalue weighted by Crippen LogP contribution is 2.40. The van der Waals surface area contributed by atoms with Crippen LogP contribution in [0.1, 0.15) is 44.6 Å². The Kier molecular flexibility index (Phi) is 4.22. The molecule has 0 atom stereocenters. The molecule has 0 amide bonds. The molecule has 108 valence electrons. The van der Waals surface area contributed by atoms with Gasteiger partial charge in [0.15, 0.2) is 0 Å². The Labute approximate surface area is 124 Å². The van der Waals surface area contributed by atoms with Crippen LogP contribution in [0.15, 0.2) is 23.7 Å². The highest BCUT2D eigenvalue weighted by molar-refractivity contribution is 7.13. The third-order valence-corrected chi connectivity index (χ3v) is 5.60. The fourth-order valence-corrected chi connectivity index (χ4v) is 4.08. The predicted octanol–water partition coefficient (Wildman–Crippen LogP) is 4.20. The molecule has 2 aromatic heterocycles. The number of thiophene rings is 1. The van der Waals surface area contributed by atoms with Crippen molar-refractivity contribution in [2.75, 3.05) is 6.54 Å². The second-order valence-electron chi connectivity index (χ2n) is 5.91. The number of nitrogens with zero attached hydrogens (tertiary/aromatic N) is 1. The number of nitrogens with one attached hydrogen (secondary N) is 2. The molecule has 2 aromatic rings. The number of H-pyrrole nitrogens is 1. The van der Waals surface area contributed by atoms with E-state index in [9.17, 15) is 0 Å². The molecule has 0 unspecified atom stereocenters. The van der Waals surface area contributed by atoms with E-state index in [1.165, 1.54) is 48.2 Å². The Balaban J connectivity index is 1.61. The van der Waals surface area contributed by atoms with Crippen LogP contribution in [0.5, 0.6) is 0 Å². The van der Waals surface area contributed by atoms with Crippen LogP contribution in [-0.2, 0) is 6.54 Å². The van der Waals surface area contributed by atoms with E-state index in [1.54, 1.807) is 11.3 Å². The van der Waals surface area contributed by atoms with Crippen LogP contribution < -0.4 is 5.32 Å². The van der Waals surface area contributed by atoms with Crippen LogP contribution in [0.2, 0.25) is 0 Å². The molecule has 0 aliphatic heterocycles. The molecule has 3 rings (SSSR count). The average Bonchev–Trinajstić information content (AvgIpc) is 3.20. The standard InChI is InChI=1S/C16H23N3S/c1-2-16(7-3-4-8-16)12-17-10-13-11-18-19-15(13)14-6-5-9-20-14/h5-6,9,11,17H,2-4,7-8,10,12H2,1H3,(H,18,19). The van der Waals surface area contributed by atoms with Crippen LogP contribution in [-0.4, -0.2) is 16.7 Å². The summed E-state index contributed by atoms with van der Waals surface area (Å²) in [7, 11) is 0. The molecular weight excluding hydrogens is 266 g/mol. The normalized spacial score (nSPS) is 17.6. The van der Waals surface area contributed by atoms with Gasteiger partial charge in [-0.2, -0.15) is 5.10 Å². The first kappa shape index (κ1) is 13.8. The number of rotatable bonds is 6. The fraction of sp³-hybridized carbons (Fsp3) is 0.562. The highest BCUT2D eigenvalue weighted by atomic mass is 32.1. The molecule has 4 heteroatoms. The minimum absolute atomic E-state index is 0.548. The summed E-state index contributed by atoms with van der Waals surface area (Å²) in [6.45, 7) is 4.38. The first-order valence-electron chi connectivity index (χ1n) is 7.60. The molecule has 0 radical (unpaired) electrons. The number of aromatic nitrogens is 2. The largest absolute Gasteiger partial charge is 0.312 e. The van der Waals surface area contributed by atoms with E-state index in [0.717, 1.165) is 13.1 Å². The maximum absolute atomic E-state index is 4.21. The van der Waals surface area contributed by atoms with Gasteiger partial charge in [-0.15, -0.1) is 11.3 Å². The van der Waals surface area contributed by atoms with Crippen molar-refractivity contribution in [3.05, 3.63) is 29.3 Å². The Hall–Kier alpha value is -1.13. The smallest absolute Gasteiger partial charge is 0.0794 e. The topological polar surface area (TPSA) is 40.7 Å². The summed E-state index contributed by atoms with van der Waals surface area (Å²) < 4.78 is 0. The molecule has 3 nitrogen and oxygen atoms in total. The van der Waals surface area contributed by atoms with Crippen molar-refractivity contribution in [2.45, 2.75) is 45.6 Å². The molecule has 2 N–H and O–H groups in total. The molecule has 1 fully saturated rings. The highest BCUT2D eigenvalue weighted by Gasteiger charge is 2.31. The lowest BCUT2D eigenvalue weighted by Crippen LogP contribution is -2.31. The molecule has 0 saturated heterocycles. The first-order valence-corrected chi connectivity index (χ1v) is 8.48. The van der Waals surface area contributed by atoms with Crippen LogP contribution in [0.3, 0.4) is 0 Å². The predicted molar refractivity (Wildman–Crippen MR) is 84.8 cm³/mol. The van der Waals surface area contributed by atoms with Crippen molar-refractivity contribution < 1.29 is 0 Å². The Morgan fingerprint density at radius 2 is 2.25 bits per heavy atom. The molecule has 0 aromatic carbocycles. The molecule has 20 heavy (non-hydrogen) atoms. The zero-order chi connectivity index (χ0) is 13.8. The second-order valence-corrected chi connectivity index (χ2v) is 6.86. The summed E-state index contributed by atoms with van der Waals surface area (Å²) in [6, 6.07) is 4.23. The van der Waals surface area contributed by atoms with E-state index in [1.807, 2.05) is 6.20 Å². The van der Waals surface area contributed by atoms with Crippen molar-refractivity contribution in [1.82, 2.24) is 15.5 Å². The molecule has 0 spiro atoms. The van der Waals surface area contributed by atoms with Gasteiger partial charge in [0.05, 0.1) is 16.8 Å². The lowest BCUT2D eigenvalue weighted by atomic mass is 9.83. The summed E-state index contributed by atoms with van der Waals surface area (Å²) >= 11 is 1.76. The van der Waals surface area contributed by atoms with Crippen molar-refractivity contribution in [2.24, 2.45) is 5.41 Å². The lowest BCUT2D eigenvalue weighted by molar-refractivity contribution is 0.268. The van der Waals surface area contributed by atoms with Crippen molar-refractivity contribution in [3.8, 4) is 10.6 Å². The van der Waals surface area contributed by atoms with Gasteiger partial charge in [-0.3, -0.25) is 5.10 Å². The molecule has 1 aliphatic carbocycles. The third kappa shape index (κ3) is 2.81. The van der Waals surface area contributed by atoms with Gasteiger partial charge >= 0.3 is 0 Å².